The Balaban J connectivity index is 0.00000176. The number of piperidine rings is 1. The first-order valence-electron chi connectivity index (χ1n) is 7.10. The van der Waals surface area contributed by atoms with Gasteiger partial charge in [0, 0.05) is 19.0 Å². The number of rotatable bonds is 1. The number of nitrogens with one attached hydrogen (secondary N) is 2. The van der Waals surface area contributed by atoms with Gasteiger partial charge in [-0.05, 0) is 31.0 Å². The van der Waals surface area contributed by atoms with Crippen LogP contribution >= 0.6 is 12.4 Å². The summed E-state index contributed by atoms with van der Waals surface area (Å²) in [6, 6.07) is 5.60. The van der Waals surface area contributed by atoms with Crippen molar-refractivity contribution in [2.45, 2.75) is 24.9 Å². The summed E-state index contributed by atoms with van der Waals surface area (Å²) < 4.78 is 39.7. The molecule has 2 fully saturated rings. The minimum Gasteiger partial charge on any atom is -0.355 e. The number of carbonyl (C=O) groups excluding carboxylic acids is 1. The van der Waals surface area contributed by atoms with E-state index in [0.717, 1.165) is 19.0 Å². The molecule has 0 aromatic heterocycles. The second-order valence-electron chi connectivity index (χ2n) is 5.78. The molecular weight excluding hydrogens is 317 g/mol. The summed E-state index contributed by atoms with van der Waals surface area (Å²) in [5.74, 6) is -0.563. The fraction of sp³-hybridized carbons (Fsp3) is 0.533. The highest BCUT2D eigenvalue weighted by molar-refractivity contribution is 5.87. The molecule has 0 saturated carbocycles. The number of benzene rings is 1. The van der Waals surface area contributed by atoms with E-state index in [2.05, 4.69) is 10.6 Å². The summed E-state index contributed by atoms with van der Waals surface area (Å²) in [7, 11) is 0. The summed E-state index contributed by atoms with van der Waals surface area (Å²) in [5, 5.41) is 5.92. The number of alkyl halides is 3. The molecule has 2 aliphatic rings. The molecule has 1 aromatic rings. The van der Waals surface area contributed by atoms with Crippen LogP contribution in [0.4, 0.5) is 13.2 Å². The summed E-state index contributed by atoms with van der Waals surface area (Å²) in [6.07, 6.45) is -2.97. The van der Waals surface area contributed by atoms with Gasteiger partial charge in [-0.15, -0.1) is 12.4 Å². The van der Waals surface area contributed by atoms with Crippen molar-refractivity contribution in [1.82, 2.24) is 10.6 Å². The van der Waals surface area contributed by atoms with Crippen LogP contribution in [-0.4, -0.2) is 25.5 Å². The van der Waals surface area contributed by atoms with Gasteiger partial charge in [0.1, 0.15) is 0 Å². The Morgan fingerprint density at radius 1 is 1.23 bits per heavy atom. The number of carbonyl (C=O) groups is 1. The fourth-order valence-electron chi connectivity index (χ4n) is 3.61. The van der Waals surface area contributed by atoms with Crippen LogP contribution in [0, 0.1) is 5.41 Å². The van der Waals surface area contributed by atoms with Gasteiger partial charge in [0.2, 0.25) is 5.91 Å². The first-order valence-corrected chi connectivity index (χ1v) is 7.10. The molecule has 2 N–H and O–H groups in total. The van der Waals surface area contributed by atoms with E-state index in [1.807, 2.05) is 0 Å². The molecular formula is C15H18ClF3N2O. The Kier molecular flexibility index (Phi) is 4.73. The van der Waals surface area contributed by atoms with Crippen molar-refractivity contribution in [2.24, 2.45) is 5.41 Å². The first kappa shape index (κ1) is 17.1. The molecule has 2 saturated heterocycles. The fourth-order valence-corrected chi connectivity index (χ4v) is 3.61. The largest absolute Gasteiger partial charge is 0.416 e. The lowest BCUT2D eigenvalue weighted by Gasteiger charge is -2.37. The number of hydrogen-bond donors (Lipinski definition) is 2. The van der Waals surface area contributed by atoms with Crippen LogP contribution in [0.25, 0.3) is 0 Å². The highest BCUT2D eigenvalue weighted by Crippen LogP contribution is 2.47. The second-order valence-corrected chi connectivity index (χ2v) is 5.78. The molecule has 0 bridgehead atoms. The molecule has 1 aromatic carbocycles. The standard InChI is InChI=1S/C15H17F3N2O.ClH/c16-15(17,18)11-5-2-1-4-10(11)12-8-20-13(21)14(12)6-3-7-19-9-14;/h1-2,4-5,12,19H,3,6-9H2,(H,20,21);1H. The molecule has 1 spiro atoms. The predicted octanol–water partition coefficient (Wildman–Crippen LogP) is 2.71. The Morgan fingerprint density at radius 2 is 1.95 bits per heavy atom. The van der Waals surface area contributed by atoms with Gasteiger partial charge in [-0.3, -0.25) is 4.79 Å². The SMILES string of the molecule is Cl.O=C1NCC(c2ccccc2C(F)(F)F)C12CCCNC2. The highest BCUT2D eigenvalue weighted by Gasteiger charge is 2.52. The number of halogens is 4. The van der Waals surface area contributed by atoms with Crippen molar-refractivity contribution in [1.29, 1.82) is 0 Å². The van der Waals surface area contributed by atoms with E-state index in [1.165, 1.54) is 12.1 Å². The lowest BCUT2D eigenvalue weighted by molar-refractivity contribution is -0.139. The zero-order valence-electron chi connectivity index (χ0n) is 11.9. The van der Waals surface area contributed by atoms with Crippen molar-refractivity contribution in [3.63, 3.8) is 0 Å². The molecule has 3 rings (SSSR count). The van der Waals surface area contributed by atoms with Gasteiger partial charge in [-0.1, -0.05) is 18.2 Å². The average molecular weight is 335 g/mol. The van der Waals surface area contributed by atoms with Crippen molar-refractivity contribution < 1.29 is 18.0 Å². The summed E-state index contributed by atoms with van der Waals surface area (Å²) in [5.41, 5.74) is -1.15. The van der Waals surface area contributed by atoms with Crippen molar-refractivity contribution in [3.8, 4) is 0 Å². The van der Waals surface area contributed by atoms with Gasteiger partial charge in [0.25, 0.3) is 0 Å². The molecule has 2 aliphatic heterocycles. The monoisotopic (exact) mass is 334 g/mol. The van der Waals surface area contributed by atoms with Gasteiger partial charge >= 0.3 is 6.18 Å². The first-order chi connectivity index (χ1) is 9.95. The predicted molar refractivity (Wildman–Crippen MR) is 79.0 cm³/mol. The molecule has 2 heterocycles. The normalized spacial score (nSPS) is 28.3. The Bertz CT molecular complexity index is 556. The van der Waals surface area contributed by atoms with Crippen LogP contribution in [0.15, 0.2) is 24.3 Å². The van der Waals surface area contributed by atoms with Crippen molar-refractivity contribution >= 4 is 18.3 Å². The van der Waals surface area contributed by atoms with Crippen LogP contribution < -0.4 is 10.6 Å². The van der Waals surface area contributed by atoms with Gasteiger partial charge in [-0.2, -0.15) is 13.2 Å². The molecule has 1 amide bonds. The number of hydrogen-bond acceptors (Lipinski definition) is 2. The zero-order valence-corrected chi connectivity index (χ0v) is 12.7. The van der Waals surface area contributed by atoms with Crippen LogP contribution in [0.1, 0.15) is 29.9 Å². The average Bonchev–Trinajstić information content (AvgIpc) is 2.76. The molecule has 122 valence electrons. The van der Waals surface area contributed by atoms with Crippen LogP contribution in [0.5, 0.6) is 0 Å². The molecule has 0 radical (unpaired) electrons. The lowest BCUT2D eigenvalue weighted by atomic mass is 9.68. The van der Waals surface area contributed by atoms with Gasteiger partial charge in [-0.25, -0.2) is 0 Å². The Hall–Kier alpha value is -1.27. The van der Waals surface area contributed by atoms with Crippen LogP contribution in [-0.2, 0) is 11.0 Å². The summed E-state index contributed by atoms with van der Waals surface area (Å²) in [6.45, 7) is 1.52. The lowest BCUT2D eigenvalue weighted by Crippen LogP contribution is -2.47. The third kappa shape index (κ3) is 2.70. The van der Waals surface area contributed by atoms with E-state index in [9.17, 15) is 18.0 Å². The maximum atomic E-state index is 13.2. The topological polar surface area (TPSA) is 41.1 Å². The van der Waals surface area contributed by atoms with Crippen LogP contribution in [0.2, 0.25) is 0 Å². The smallest absolute Gasteiger partial charge is 0.355 e. The van der Waals surface area contributed by atoms with Crippen LogP contribution in [0.3, 0.4) is 0 Å². The third-order valence-corrected chi connectivity index (χ3v) is 4.64. The minimum absolute atomic E-state index is 0. The van der Waals surface area contributed by atoms with E-state index < -0.39 is 23.1 Å². The van der Waals surface area contributed by atoms with E-state index in [0.29, 0.717) is 13.0 Å². The minimum atomic E-state index is -4.40. The third-order valence-electron chi connectivity index (χ3n) is 4.64. The molecule has 0 aliphatic carbocycles. The van der Waals surface area contributed by atoms with Crippen molar-refractivity contribution in [3.05, 3.63) is 35.4 Å². The van der Waals surface area contributed by atoms with Gasteiger partial charge in [0.15, 0.2) is 0 Å². The summed E-state index contributed by atoms with van der Waals surface area (Å²) >= 11 is 0. The molecule has 3 nitrogen and oxygen atoms in total. The van der Waals surface area contributed by atoms with Crippen molar-refractivity contribution in [2.75, 3.05) is 19.6 Å². The summed E-state index contributed by atoms with van der Waals surface area (Å²) in [4.78, 5) is 12.3. The molecule has 2 unspecified atom stereocenters. The quantitative estimate of drug-likeness (QED) is 0.829. The maximum Gasteiger partial charge on any atom is 0.416 e. The Labute approximate surface area is 133 Å². The maximum absolute atomic E-state index is 13.2. The van der Waals surface area contributed by atoms with E-state index in [1.54, 1.807) is 6.07 Å². The Morgan fingerprint density at radius 3 is 2.59 bits per heavy atom. The highest BCUT2D eigenvalue weighted by atomic mass is 35.5. The van der Waals surface area contributed by atoms with E-state index in [-0.39, 0.29) is 30.4 Å². The molecule has 2 atom stereocenters. The van der Waals surface area contributed by atoms with E-state index >= 15 is 0 Å². The molecule has 22 heavy (non-hydrogen) atoms. The second kappa shape index (κ2) is 6.08. The zero-order chi connectivity index (χ0) is 15.1. The van der Waals surface area contributed by atoms with Gasteiger partial charge < -0.3 is 10.6 Å². The van der Waals surface area contributed by atoms with E-state index in [4.69, 9.17) is 0 Å². The van der Waals surface area contributed by atoms with Gasteiger partial charge in [0.05, 0.1) is 11.0 Å². The molecule has 7 heteroatoms. The number of amides is 1.